The van der Waals surface area contributed by atoms with Crippen molar-refractivity contribution in [2.45, 2.75) is 58.4 Å². The van der Waals surface area contributed by atoms with Gasteiger partial charge in [0.1, 0.15) is 5.75 Å². The van der Waals surface area contributed by atoms with Gasteiger partial charge in [-0.05, 0) is 75.2 Å². The summed E-state index contributed by atoms with van der Waals surface area (Å²) in [4.78, 5) is 22.5. The fraction of sp³-hybridized carbons (Fsp3) is 0.583. The van der Waals surface area contributed by atoms with Crippen molar-refractivity contribution in [3.05, 3.63) is 51.4 Å². The fourth-order valence-electron chi connectivity index (χ4n) is 4.53. The van der Waals surface area contributed by atoms with Crippen LogP contribution in [0.2, 0.25) is 0 Å². The van der Waals surface area contributed by atoms with Crippen LogP contribution in [0.15, 0.2) is 29.1 Å². The first kappa shape index (κ1) is 20.9. The van der Waals surface area contributed by atoms with E-state index in [4.69, 9.17) is 4.74 Å². The Bertz CT molecular complexity index is 889. The van der Waals surface area contributed by atoms with Gasteiger partial charge in [0.15, 0.2) is 0 Å². The van der Waals surface area contributed by atoms with Gasteiger partial charge in [0.2, 0.25) is 5.95 Å². The molecule has 1 saturated heterocycles. The SMILES string of the molecule is CCC1CCc2nc(NCCCOc3cccc(CN4CCCC4)c3)[nH]c(=O)c2C1. The molecule has 1 aliphatic carbocycles. The molecule has 6 nitrogen and oxygen atoms in total. The summed E-state index contributed by atoms with van der Waals surface area (Å²) < 4.78 is 5.94. The van der Waals surface area contributed by atoms with Crippen LogP contribution in [0, 0.1) is 5.92 Å². The number of aryl methyl sites for hydroxylation is 1. The molecule has 1 aromatic heterocycles. The van der Waals surface area contributed by atoms with Gasteiger partial charge in [-0.15, -0.1) is 0 Å². The highest BCUT2D eigenvalue weighted by atomic mass is 16.5. The Kier molecular flexibility index (Phi) is 7.05. The van der Waals surface area contributed by atoms with Crippen LogP contribution < -0.4 is 15.6 Å². The molecule has 0 bridgehead atoms. The van der Waals surface area contributed by atoms with Crippen LogP contribution in [-0.4, -0.2) is 41.1 Å². The number of benzene rings is 1. The van der Waals surface area contributed by atoms with Gasteiger partial charge in [-0.3, -0.25) is 14.7 Å². The number of hydrogen-bond acceptors (Lipinski definition) is 5. The molecular formula is C24H34N4O2. The van der Waals surface area contributed by atoms with Gasteiger partial charge >= 0.3 is 0 Å². The second-order valence-electron chi connectivity index (χ2n) is 8.62. The van der Waals surface area contributed by atoms with E-state index in [1.54, 1.807) is 0 Å². The van der Waals surface area contributed by atoms with Crippen molar-refractivity contribution in [1.82, 2.24) is 14.9 Å². The van der Waals surface area contributed by atoms with Crippen molar-refractivity contribution in [1.29, 1.82) is 0 Å². The lowest BCUT2D eigenvalue weighted by molar-refractivity contribution is 0.310. The Morgan fingerprint density at radius 1 is 1.30 bits per heavy atom. The van der Waals surface area contributed by atoms with Gasteiger partial charge in [0.25, 0.3) is 5.56 Å². The number of nitrogens with one attached hydrogen (secondary N) is 2. The summed E-state index contributed by atoms with van der Waals surface area (Å²) in [6, 6.07) is 8.42. The first-order valence-electron chi connectivity index (χ1n) is 11.5. The minimum atomic E-state index is 0.0201. The van der Waals surface area contributed by atoms with Crippen molar-refractivity contribution in [2.24, 2.45) is 5.92 Å². The maximum Gasteiger partial charge on any atom is 0.255 e. The smallest absolute Gasteiger partial charge is 0.255 e. The highest BCUT2D eigenvalue weighted by molar-refractivity contribution is 5.31. The van der Waals surface area contributed by atoms with Gasteiger partial charge in [-0.25, -0.2) is 4.98 Å². The quantitative estimate of drug-likeness (QED) is 0.616. The van der Waals surface area contributed by atoms with Crippen LogP contribution in [0.1, 0.15) is 55.8 Å². The lowest BCUT2D eigenvalue weighted by Gasteiger charge is -2.22. The van der Waals surface area contributed by atoms with Crippen molar-refractivity contribution in [3.63, 3.8) is 0 Å². The molecule has 1 unspecified atom stereocenters. The fourth-order valence-corrected chi connectivity index (χ4v) is 4.53. The predicted octanol–water partition coefficient (Wildman–Crippen LogP) is 3.76. The summed E-state index contributed by atoms with van der Waals surface area (Å²) in [6.45, 7) is 6.96. The van der Waals surface area contributed by atoms with E-state index in [0.29, 0.717) is 25.0 Å². The van der Waals surface area contributed by atoms with E-state index in [9.17, 15) is 4.79 Å². The highest BCUT2D eigenvalue weighted by Crippen LogP contribution is 2.24. The number of aromatic amines is 1. The summed E-state index contributed by atoms with van der Waals surface area (Å²) >= 11 is 0. The first-order chi connectivity index (χ1) is 14.7. The maximum absolute atomic E-state index is 12.4. The molecule has 4 rings (SSSR count). The van der Waals surface area contributed by atoms with Crippen molar-refractivity contribution < 1.29 is 4.74 Å². The second-order valence-corrected chi connectivity index (χ2v) is 8.62. The summed E-state index contributed by atoms with van der Waals surface area (Å²) in [5, 5.41) is 3.25. The number of anilines is 1. The van der Waals surface area contributed by atoms with E-state index >= 15 is 0 Å². The number of aromatic nitrogens is 2. The third kappa shape index (κ3) is 5.42. The zero-order valence-electron chi connectivity index (χ0n) is 18.1. The van der Waals surface area contributed by atoms with E-state index in [1.807, 2.05) is 6.07 Å². The Morgan fingerprint density at radius 3 is 3.00 bits per heavy atom. The third-order valence-electron chi connectivity index (χ3n) is 6.35. The topological polar surface area (TPSA) is 70.2 Å². The van der Waals surface area contributed by atoms with Crippen molar-refractivity contribution >= 4 is 5.95 Å². The zero-order chi connectivity index (χ0) is 20.8. The molecule has 1 aliphatic heterocycles. The molecule has 30 heavy (non-hydrogen) atoms. The molecule has 2 N–H and O–H groups in total. The lowest BCUT2D eigenvalue weighted by atomic mass is 9.86. The van der Waals surface area contributed by atoms with Gasteiger partial charge in [0, 0.05) is 18.7 Å². The van der Waals surface area contributed by atoms with E-state index in [0.717, 1.165) is 55.7 Å². The molecule has 162 valence electrons. The van der Waals surface area contributed by atoms with Gasteiger partial charge in [-0.1, -0.05) is 25.5 Å². The molecule has 1 aromatic carbocycles. The van der Waals surface area contributed by atoms with Crippen LogP contribution >= 0.6 is 0 Å². The van der Waals surface area contributed by atoms with E-state index in [1.165, 1.54) is 31.5 Å². The average molecular weight is 411 g/mol. The summed E-state index contributed by atoms with van der Waals surface area (Å²) in [7, 11) is 0. The van der Waals surface area contributed by atoms with Gasteiger partial charge < -0.3 is 10.1 Å². The Balaban J connectivity index is 1.22. The number of rotatable bonds is 9. The monoisotopic (exact) mass is 410 g/mol. The van der Waals surface area contributed by atoms with E-state index in [-0.39, 0.29) is 5.56 Å². The lowest BCUT2D eigenvalue weighted by Crippen LogP contribution is -2.26. The van der Waals surface area contributed by atoms with Crippen LogP contribution in [0.4, 0.5) is 5.95 Å². The standard InChI is InChI=1S/C24H34N4O2/c1-2-18-9-10-22-21(16-18)23(29)27-24(26-22)25-11-6-14-30-20-8-5-7-19(15-20)17-28-12-3-4-13-28/h5,7-8,15,18H,2-4,6,9-14,16-17H2,1H3,(H2,25,26,27,29). The molecule has 1 atom stereocenters. The molecule has 2 aliphatic rings. The Hall–Kier alpha value is -2.34. The van der Waals surface area contributed by atoms with Crippen LogP contribution in [-0.2, 0) is 19.4 Å². The third-order valence-corrected chi connectivity index (χ3v) is 6.35. The molecule has 0 radical (unpaired) electrons. The number of hydrogen-bond donors (Lipinski definition) is 2. The van der Waals surface area contributed by atoms with Crippen molar-refractivity contribution in [2.75, 3.05) is 31.6 Å². The molecular weight excluding hydrogens is 376 g/mol. The minimum Gasteiger partial charge on any atom is -0.494 e. The van der Waals surface area contributed by atoms with E-state index < -0.39 is 0 Å². The predicted molar refractivity (Wildman–Crippen MR) is 120 cm³/mol. The van der Waals surface area contributed by atoms with Gasteiger partial charge in [0.05, 0.1) is 12.3 Å². The first-order valence-corrected chi connectivity index (χ1v) is 11.5. The molecule has 0 amide bonds. The number of H-pyrrole nitrogens is 1. The number of ether oxygens (including phenoxy) is 1. The average Bonchev–Trinajstić information content (AvgIpc) is 3.27. The molecule has 0 saturated carbocycles. The Labute approximate surface area is 179 Å². The van der Waals surface area contributed by atoms with Crippen molar-refractivity contribution in [3.8, 4) is 5.75 Å². The molecule has 2 aromatic rings. The maximum atomic E-state index is 12.4. The summed E-state index contributed by atoms with van der Waals surface area (Å²) in [6.07, 6.45) is 7.49. The number of likely N-dealkylation sites (tertiary alicyclic amines) is 1. The van der Waals surface area contributed by atoms with Crippen LogP contribution in [0.5, 0.6) is 5.75 Å². The number of fused-ring (bicyclic) bond motifs is 1. The van der Waals surface area contributed by atoms with Gasteiger partial charge in [-0.2, -0.15) is 0 Å². The van der Waals surface area contributed by atoms with Crippen LogP contribution in [0.3, 0.4) is 0 Å². The molecule has 0 spiro atoms. The second kappa shape index (κ2) is 10.1. The zero-order valence-corrected chi connectivity index (χ0v) is 18.1. The van der Waals surface area contributed by atoms with Crippen LogP contribution in [0.25, 0.3) is 0 Å². The molecule has 1 fully saturated rings. The summed E-state index contributed by atoms with van der Waals surface area (Å²) in [5.74, 6) is 2.13. The minimum absolute atomic E-state index is 0.0201. The summed E-state index contributed by atoms with van der Waals surface area (Å²) in [5.41, 5.74) is 3.19. The molecule has 6 heteroatoms. The molecule has 2 heterocycles. The largest absolute Gasteiger partial charge is 0.494 e. The Morgan fingerprint density at radius 2 is 2.17 bits per heavy atom. The highest BCUT2D eigenvalue weighted by Gasteiger charge is 2.21. The normalized spacial score (nSPS) is 18.9. The number of nitrogens with zero attached hydrogens (tertiary/aromatic N) is 2. The van der Waals surface area contributed by atoms with E-state index in [2.05, 4.69) is 45.3 Å².